The van der Waals surface area contributed by atoms with E-state index in [1.165, 1.54) is 22.4 Å². The van der Waals surface area contributed by atoms with Gasteiger partial charge in [0.05, 0.1) is 32.6 Å². The highest BCUT2D eigenvalue weighted by Crippen LogP contribution is 2.07. The van der Waals surface area contributed by atoms with Crippen LogP contribution in [-0.2, 0) is 63.3 Å². The predicted molar refractivity (Wildman–Crippen MR) is 148 cm³/mol. The van der Waals surface area contributed by atoms with E-state index in [0.29, 0.717) is 31.0 Å². The zero-order valence-electron chi connectivity index (χ0n) is 22.8. The number of aryl methyl sites for hydroxylation is 2. The normalized spacial score (nSPS) is 11.2. The minimum Gasteiger partial charge on any atom is -0.459 e. The molecule has 4 rings (SSSR count). The molecule has 216 valence electrons. The van der Waals surface area contributed by atoms with Crippen LogP contribution in [0.3, 0.4) is 0 Å². The largest absolute Gasteiger partial charge is 0.459 e. The summed E-state index contributed by atoms with van der Waals surface area (Å²) in [6, 6.07) is 19.6. The molecule has 0 saturated carbocycles. The van der Waals surface area contributed by atoms with Crippen LogP contribution in [0.5, 0.6) is 0 Å². The van der Waals surface area contributed by atoms with E-state index < -0.39 is 23.3 Å². The summed E-state index contributed by atoms with van der Waals surface area (Å²) in [4.78, 5) is 38.3. The minimum absolute atomic E-state index is 0.0173. The third-order valence-electron chi connectivity index (χ3n) is 5.98. The van der Waals surface area contributed by atoms with Crippen molar-refractivity contribution in [3.05, 3.63) is 116 Å². The van der Waals surface area contributed by atoms with Crippen LogP contribution >= 0.6 is 0 Å². The van der Waals surface area contributed by atoms with Crippen molar-refractivity contribution in [3.8, 4) is 0 Å². The molecule has 12 heteroatoms. The second-order valence-electron chi connectivity index (χ2n) is 9.31. The number of nitrogens with zero attached hydrogens (tertiary/aromatic N) is 4. The first kappa shape index (κ1) is 29.6. The first-order valence-electron chi connectivity index (χ1n) is 13.2. The lowest BCUT2D eigenvalue weighted by molar-refractivity contribution is -0.142. The number of ether oxygens (including phenoxy) is 4. The van der Waals surface area contributed by atoms with Gasteiger partial charge in [0.2, 0.25) is 0 Å². The third kappa shape index (κ3) is 9.94. The Morgan fingerprint density at radius 2 is 1.54 bits per heavy atom. The topological polar surface area (TPSA) is 140 Å². The van der Waals surface area contributed by atoms with Gasteiger partial charge in [0, 0.05) is 25.2 Å². The molecule has 2 heterocycles. The van der Waals surface area contributed by atoms with Crippen molar-refractivity contribution in [2.24, 2.45) is 0 Å². The number of hydrogen-bond donors (Lipinski definition) is 1. The van der Waals surface area contributed by atoms with E-state index in [-0.39, 0.29) is 33.0 Å². The van der Waals surface area contributed by atoms with Gasteiger partial charge in [-0.1, -0.05) is 65.9 Å². The molecule has 0 spiro atoms. The first-order chi connectivity index (χ1) is 20.0. The average molecular weight is 564 g/mol. The van der Waals surface area contributed by atoms with Gasteiger partial charge in [-0.3, -0.25) is 23.8 Å². The minimum atomic E-state index is -0.586. The quantitative estimate of drug-likeness (QED) is 0.203. The highest BCUT2D eigenvalue weighted by atomic mass is 16.6. The maximum atomic E-state index is 12.5. The molecule has 2 aromatic carbocycles. The Labute approximate surface area is 236 Å². The maximum Gasteiger partial charge on any atom is 0.330 e. The van der Waals surface area contributed by atoms with Crippen molar-refractivity contribution < 1.29 is 23.7 Å². The van der Waals surface area contributed by atoms with Gasteiger partial charge in [0.15, 0.2) is 0 Å². The van der Waals surface area contributed by atoms with Crippen molar-refractivity contribution in [2.45, 2.75) is 52.5 Å². The number of esters is 1. The zero-order valence-corrected chi connectivity index (χ0v) is 22.8. The third-order valence-corrected chi connectivity index (χ3v) is 5.98. The second-order valence-corrected chi connectivity index (χ2v) is 9.31. The number of benzene rings is 2. The van der Waals surface area contributed by atoms with Gasteiger partial charge in [-0.05, 0) is 17.5 Å². The predicted octanol–water partition coefficient (Wildman–Crippen LogP) is 2.21. The van der Waals surface area contributed by atoms with Crippen LogP contribution in [0.15, 0.2) is 82.6 Å². The Hall–Kier alpha value is -4.39. The van der Waals surface area contributed by atoms with Crippen LogP contribution in [0, 0.1) is 0 Å². The lowest BCUT2D eigenvalue weighted by Crippen LogP contribution is -2.35. The van der Waals surface area contributed by atoms with Gasteiger partial charge in [0.25, 0.3) is 5.56 Å². The molecule has 4 aromatic rings. The first-order valence-corrected chi connectivity index (χ1v) is 13.2. The van der Waals surface area contributed by atoms with E-state index in [9.17, 15) is 14.4 Å². The zero-order chi connectivity index (χ0) is 28.9. The Bertz CT molecular complexity index is 1440. The summed E-state index contributed by atoms with van der Waals surface area (Å²) in [5, 5.41) is 7.92. The summed E-state index contributed by atoms with van der Waals surface area (Å²) in [7, 11) is 0. The van der Waals surface area contributed by atoms with Gasteiger partial charge in [0.1, 0.15) is 25.1 Å². The SMILES string of the molecule is CC(=O)OCc1cn(CCc2cn(COC(COCc3ccccc3)COCc3ccccc3)c(=O)[nH]c2=O)nn1. The molecule has 0 amide bonds. The highest BCUT2D eigenvalue weighted by molar-refractivity contribution is 5.65. The molecule has 0 aliphatic carbocycles. The number of hydrogen-bond acceptors (Lipinski definition) is 9. The molecular weight excluding hydrogens is 530 g/mol. The smallest absolute Gasteiger partial charge is 0.330 e. The fraction of sp³-hybridized carbons (Fsp3) is 0.345. The fourth-order valence-electron chi connectivity index (χ4n) is 3.85. The van der Waals surface area contributed by atoms with Crippen LogP contribution in [0.25, 0.3) is 0 Å². The molecule has 0 bridgehead atoms. The Morgan fingerprint density at radius 1 is 0.902 bits per heavy atom. The number of aromatic nitrogens is 5. The standard InChI is InChI=1S/C29H33N5O7/c1-22(35)40-18-26-15-34(32-31-26)13-12-25-14-33(29(37)30-28(25)36)21-41-27(19-38-16-23-8-4-2-5-9-23)20-39-17-24-10-6-3-7-11-24/h2-11,14-15,27H,12-13,16-21H2,1H3,(H,30,36,37). The van der Waals surface area contributed by atoms with Crippen molar-refractivity contribution in [2.75, 3.05) is 13.2 Å². The average Bonchev–Trinajstić information content (AvgIpc) is 3.43. The van der Waals surface area contributed by atoms with Crippen molar-refractivity contribution in [3.63, 3.8) is 0 Å². The van der Waals surface area contributed by atoms with E-state index in [1.807, 2.05) is 60.7 Å². The van der Waals surface area contributed by atoms with Gasteiger partial charge >= 0.3 is 11.7 Å². The Balaban J connectivity index is 1.35. The summed E-state index contributed by atoms with van der Waals surface area (Å²) in [5.41, 5.74) is 1.86. The highest BCUT2D eigenvalue weighted by Gasteiger charge is 2.13. The summed E-state index contributed by atoms with van der Waals surface area (Å²) in [6.45, 7) is 2.87. The number of carbonyl (C=O) groups is 1. The van der Waals surface area contributed by atoms with Gasteiger partial charge in [-0.25, -0.2) is 4.79 Å². The molecule has 0 radical (unpaired) electrons. The van der Waals surface area contributed by atoms with Crippen LogP contribution in [0.4, 0.5) is 0 Å². The molecule has 2 aromatic heterocycles. The van der Waals surface area contributed by atoms with Gasteiger partial charge in [-0.2, -0.15) is 0 Å². The van der Waals surface area contributed by atoms with Crippen molar-refractivity contribution in [1.82, 2.24) is 24.5 Å². The van der Waals surface area contributed by atoms with E-state index in [1.54, 1.807) is 6.20 Å². The van der Waals surface area contributed by atoms with E-state index in [2.05, 4.69) is 15.3 Å². The van der Waals surface area contributed by atoms with Gasteiger partial charge < -0.3 is 18.9 Å². The van der Waals surface area contributed by atoms with Crippen molar-refractivity contribution in [1.29, 1.82) is 0 Å². The summed E-state index contributed by atoms with van der Waals surface area (Å²) < 4.78 is 25.5. The maximum absolute atomic E-state index is 12.5. The van der Waals surface area contributed by atoms with Crippen LogP contribution in [-0.4, -0.2) is 49.8 Å². The molecule has 0 atom stereocenters. The van der Waals surface area contributed by atoms with E-state index in [4.69, 9.17) is 18.9 Å². The molecular formula is C29H33N5O7. The second kappa shape index (κ2) is 15.4. The molecule has 12 nitrogen and oxygen atoms in total. The lowest BCUT2D eigenvalue weighted by atomic mass is 10.2. The number of rotatable bonds is 16. The number of carbonyl (C=O) groups excluding carboxylic acids is 1. The Morgan fingerprint density at radius 3 is 2.15 bits per heavy atom. The molecule has 0 saturated heterocycles. The number of aromatic amines is 1. The molecule has 0 unspecified atom stereocenters. The van der Waals surface area contributed by atoms with E-state index in [0.717, 1.165) is 11.1 Å². The summed E-state index contributed by atoms with van der Waals surface area (Å²) in [6.07, 6.45) is 2.93. The molecule has 0 aliphatic heterocycles. The van der Waals surface area contributed by atoms with Gasteiger partial charge in [-0.15, -0.1) is 5.10 Å². The molecule has 41 heavy (non-hydrogen) atoms. The summed E-state index contributed by atoms with van der Waals surface area (Å²) in [5.74, 6) is -0.414. The van der Waals surface area contributed by atoms with Crippen LogP contribution in [0.2, 0.25) is 0 Å². The van der Waals surface area contributed by atoms with E-state index >= 15 is 0 Å². The number of H-pyrrole nitrogens is 1. The fourth-order valence-corrected chi connectivity index (χ4v) is 3.85. The van der Waals surface area contributed by atoms with Crippen LogP contribution in [0.1, 0.15) is 29.3 Å². The summed E-state index contributed by atoms with van der Waals surface area (Å²) >= 11 is 0. The van der Waals surface area contributed by atoms with Crippen molar-refractivity contribution >= 4 is 5.97 Å². The van der Waals surface area contributed by atoms with Crippen LogP contribution < -0.4 is 11.2 Å². The lowest BCUT2D eigenvalue weighted by Gasteiger charge is -2.19. The molecule has 0 fully saturated rings. The molecule has 0 aliphatic rings. The molecule has 1 N–H and O–H groups in total. The number of nitrogens with one attached hydrogen (secondary N) is 1. The Kier molecular flexibility index (Phi) is 11.1. The monoisotopic (exact) mass is 563 g/mol.